The largest absolute Gasteiger partial charge is 0.494 e. The van der Waals surface area contributed by atoms with Crippen LogP contribution in [0.3, 0.4) is 0 Å². The van der Waals surface area contributed by atoms with Gasteiger partial charge in [-0.25, -0.2) is 0 Å². The number of carbonyl (C=O) groups is 1. The highest BCUT2D eigenvalue weighted by Gasteiger charge is 2.26. The average molecular weight is 312 g/mol. The highest BCUT2D eigenvalue weighted by molar-refractivity contribution is 6.30. The summed E-state index contributed by atoms with van der Waals surface area (Å²) in [5.41, 5.74) is 0. The van der Waals surface area contributed by atoms with Gasteiger partial charge in [-0.1, -0.05) is 24.4 Å². The zero-order valence-electron chi connectivity index (χ0n) is 12.1. The third-order valence-electron chi connectivity index (χ3n) is 3.82. The van der Waals surface area contributed by atoms with E-state index in [4.69, 9.17) is 16.3 Å². The number of carboxylic acid groups (broad SMARTS) is 1. The van der Waals surface area contributed by atoms with Crippen LogP contribution in [0.25, 0.3) is 0 Å². The molecule has 5 heteroatoms. The molecule has 0 saturated carbocycles. The Kier molecular flexibility index (Phi) is 6.33. The van der Waals surface area contributed by atoms with Crippen molar-refractivity contribution in [1.82, 2.24) is 4.90 Å². The van der Waals surface area contributed by atoms with E-state index >= 15 is 0 Å². The fourth-order valence-corrected chi connectivity index (χ4v) is 2.83. The molecule has 2 rings (SSSR count). The Bertz CT molecular complexity index is 449. The molecule has 0 amide bonds. The lowest BCUT2D eigenvalue weighted by atomic mass is 10.1. The van der Waals surface area contributed by atoms with Crippen LogP contribution < -0.4 is 4.74 Å². The first-order valence-electron chi connectivity index (χ1n) is 7.52. The van der Waals surface area contributed by atoms with Crippen LogP contribution in [0.1, 0.15) is 32.1 Å². The maximum absolute atomic E-state index is 11.3. The Morgan fingerprint density at radius 3 is 2.76 bits per heavy atom. The van der Waals surface area contributed by atoms with Gasteiger partial charge in [-0.15, -0.1) is 0 Å². The lowest BCUT2D eigenvalue weighted by Crippen LogP contribution is -2.41. The molecule has 1 aromatic carbocycles. The van der Waals surface area contributed by atoms with Crippen LogP contribution >= 0.6 is 11.6 Å². The zero-order chi connectivity index (χ0) is 15.1. The number of benzene rings is 1. The lowest BCUT2D eigenvalue weighted by Gasteiger charge is -2.26. The topological polar surface area (TPSA) is 49.8 Å². The van der Waals surface area contributed by atoms with E-state index < -0.39 is 5.97 Å². The summed E-state index contributed by atoms with van der Waals surface area (Å²) in [4.78, 5) is 13.4. The Morgan fingerprint density at radius 2 is 2.05 bits per heavy atom. The van der Waals surface area contributed by atoms with Crippen molar-refractivity contribution in [3.05, 3.63) is 29.3 Å². The van der Waals surface area contributed by atoms with Crippen LogP contribution in [0.2, 0.25) is 5.02 Å². The summed E-state index contributed by atoms with van der Waals surface area (Å²) in [6.45, 7) is 2.23. The SMILES string of the molecule is O=C(O)C1CCCCCN1CCCOc1ccc(Cl)cc1. The van der Waals surface area contributed by atoms with Crippen LogP contribution in [-0.4, -0.2) is 41.7 Å². The molecule has 4 nitrogen and oxygen atoms in total. The fraction of sp³-hybridized carbons (Fsp3) is 0.562. The first-order valence-corrected chi connectivity index (χ1v) is 7.90. The highest BCUT2D eigenvalue weighted by atomic mass is 35.5. The van der Waals surface area contributed by atoms with Crippen molar-refractivity contribution in [3.8, 4) is 5.75 Å². The molecule has 0 radical (unpaired) electrons. The molecule has 0 bridgehead atoms. The highest BCUT2D eigenvalue weighted by Crippen LogP contribution is 2.18. The lowest BCUT2D eigenvalue weighted by molar-refractivity contribution is -0.143. The van der Waals surface area contributed by atoms with E-state index in [1.165, 1.54) is 0 Å². The minimum Gasteiger partial charge on any atom is -0.494 e. The van der Waals surface area contributed by atoms with Gasteiger partial charge < -0.3 is 9.84 Å². The summed E-state index contributed by atoms with van der Waals surface area (Å²) in [6.07, 6.45) is 4.80. The van der Waals surface area contributed by atoms with Crippen molar-refractivity contribution < 1.29 is 14.6 Å². The number of likely N-dealkylation sites (tertiary alicyclic amines) is 1. The molecule has 1 saturated heterocycles. The van der Waals surface area contributed by atoms with Gasteiger partial charge in [0.25, 0.3) is 0 Å². The van der Waals surface area contributed by atoms with Gasteiger partial charge in [0.05, 0.1) is 6.61 Å². The Morgan fingerprint density at radius 1 is 1.29 bits per heavy atom. The van der Waals surface area contributed by atoms with Crippen molar-refractivity contribution in [2.24, 2.45) is 0 Å². The summed E-state index contributed by atoms with van der Waals surface area (Å²) in [7, 11) is 0. The molecular formula is C16H22ClNO3. The first kappa shape index (κ1) is 16.1. The predicted octanol–water partition coefficient (Wildman–Crippen LogP) is 3.44. The molecule has 1 aliphatic heterocycles. The minimum atomic E-state index is -0.699. The molecule has 1 heterocycles. The Hall–Kier alpha value is -1.26. The number of hydrogen-bond acceptors (Lipinski definition) is 3. The van der Waals surface area contributed by atoms with Gasteiger partial charge in [0, 0.05) is 11.6 Å². The fourth-order valence-electron chi connectivity index (χ4n) is 2.70. The predicted molar refractivity (Wildman–Crippen MR) is 83.0 cm³/mol. The second-order valence-electron chi connectivity index (χ2n) is 5.40. The number of aliphatic carboxylic acids is 1. The van der Waals surface area contributed by atoms with E-state index in [-0.39, 0.29) is 6.04 Å². The van der Waals surface area contributed by atoms with Crippen molar-refractivity contribution in [2.75, 3.05) is 19.7 Å². The Labute approximate surface area is 130 Å². The van der Waals surface area contributed by atoms with Gasteiger partial charge in [-0.2, -0.15) is 0 Å². The molecule has 1 atom stereocenters. The van der Waals surface area contributed by atoms with Crippen molar-refractivity contribution in [1.29, 1.82) is 0 Å². The van der Waals surface area contributed by atoms with E-state index in [0.29, 0.717) is 11.6 Å². The molecule has 1 fully saturated rings. The van der Waals surface area contributed by atoms with Crippen LogP contribution in [0.4, 0.5) is 0 Å². The smallest absolute Gasteiger partial charge is 0.320 e. The summed E-state index contributed by atoms with van der Waals surface area (Å²) >= 11 is 5.82. The van der Waals surface area contributed by atoms with Crippen molar-refractivity contribution in [2.45, 2.75) is 38.1 Å². The molecule has 0 aromatic heterocycles. The van der Waals surface area contributed by atoms with E-state index in [9.17, 15) is 9.90 Å². The van der Waals surface area contributed by atoms with E-state index in [0.717, 1.165) is 50.9 Å². The molecule has 0 spiro atoms. The number of rotatable bonds is 6. The summed E-state index contributed by atoms with van der Waals surface area (Å²) in [5, 5.41) is 10.00. The van der Waals surface area contributed by atoms with E-state index in [1.54, 1.807) is 12.1 Å². The van der Waals surface area contributed by atoms with Crippen molar-refractivity contribution >= 4 is 17.6 Å². The number of carboxylic acids is 1. The van der Waals surface area contributed by atoms with Gasteiger partial charge in [0.15, 0.2) is 0 Å². The molecule has 1 aliphatic rings. The average Bonchev–Trinajstić information content (AvgIpc) is 2.71. The quantitative estimate of drug-likeness (QED) is 0.818. The van der Waals surface area contributed by atoms with Gasteiger partial charge >= 0.3 is 5.97 Å². The number of hydrogen-bond donors (Lipinski definition) is 1. The molecule has 21 heavy (non-hydrogen) atoms. The van der Waals surface area contributed by atoms with Crippen LogP contribution in [0, 0.1) is 0 Å². The van der Waals surface area contributed by atoms with Gasteiger partial charge in [0.2, 0.25) is 0 Å². The van der Waals surface area contributed by atoms with Crippen LogP contribution in [0.15, 0.2) is 24.3 Å². The summed E-state index contributed by atoms with van der Waals surface area (Å²) in [5.74, 6) is 0.0978. The van der Waals surface area contributed by atoms with Crippen LogP contribution in [0.5, 0.6) is 5.75 Å². The Balaban J connectivity index is 1.75. The van der Waals surface area contributed by atoms with Gasteiger partial charge in [0.1, 0.15) is 11.8 Å². The zero-order valence-corrected chi connectivity index (χ0v) is 12.9. The molecule has 1 N–H and O–H groups in total. The van der Waals surface area contributed by atoms with E-state index in [2.05, 4.69) is 4.90 Å². The number of halogens is 1. The summed E-state index contributed by atoms with van der Waals surface area (Å²) < 4.78 is 5.65. The second kappa shape index (κ2) is 8.25. The summed E-state index contributed by atoms with van der Waals surface area (Å²) in [6, 6.07) is 6.95. The normalized spacial score (nSPS) is 20.0. The minimum absolute atomic E-state index is 0.331. The van der Waals surface area contributed by atoms with E-state index in [1.807, 2.05) is 12.1 Å². The van der Waals surface area contributed by atoms with Crippen LogP contribution in [-0.2, 0) is 4.79 Å². The molecule has 0 aliphatic carbocycles. The molecule has 1 aromatic rings. The maximum atomic E-state index is 11.3. The van der Waals surface area contributed by atoms with Gasteiger partial charge in [-0.3, -0.25) is 9.69 Å². The number of nitrogens with zero attached hydrogens (tertiary/aromatic N) is 1. The maximum Gasteiger partial charge on any atom is 0.320 e. The number of ether oxygens (including phenoxy) is 1. The molecular weight excluding hydrogens is 290 g/mol. The third kappa shape index (κ3) is 5.21. The third-order valence-corrected chi connectivity index (χ3v) is 4.07. The molecule has 116 valence electrons. The van der Waals surface area contributed by atoms with Gasteiger partial charge in [-0.05, 0) is 50.1 Å². The molecule has 1 unspecified atom stereocenters. The standard InChI is InChI=1S/C16H22ClNO3/c17-13-6-8-14(9-7-13)21-12-4-11-18-10-3-1-2-5-15(18)16(19)20/h6-9,15H,1-5,10-12H2,(H,19,20). The van der Waals surface area contributed by atoms with Crippen molar-refractivity contribution in [3.63, 3.8) is 0 Å². The first-order chi connectivity index (χ1) is 10.2. The second-order valence-corrected chi connectivity index (χ2v) is 5.83. The monoisotopic (exact) mass is 311 g/mol.